The molecule has 0 aromatic rings. The maximum atomic E-state index is 11.5. The molecule has 1 heterocycles. The van der Waals surface area contributed by atoms with Gasteiger partial charge in [0.05, 0.1) is 18.6 Å². The molecule has 0 aliphatic carbocycles. The van der Waals surface area contributed by atoms with E-state index in [9.17, 15) is 9.59 Å². The van der Waals surface area contributed by atoms with E-state index < -0.39 is 0 Å². The van der Waals surface area contributed by atoms with Gasteiger partial charge in [-0.2, -0.15) is 0 Å². The zero-order chi connectivity index (χ0) is 10.6. The van der Waals surface area contributed by atoms with Crippen molar-refractivity contribution in [3.8, 4) is 0 Å². The van der Waals surface area contributed by atoms with Crippen molar-refractivity contribution in [1.82, 2.24) is 10.6 Å². The molecule has 14 heavy (non-hydrogen) atoms. The van der Waals surface area contributed by atoms with Crippen LogP contribution in [0.4, 0.5) is 0 Å². The summed E-state index contributed by atoms with van der Waals surface area (Å²) in [6.45, 7) is 2.24. The number of carbonyl (C=O) groups is 2. The number of aliphatic hydroxyl groups excluding tert-OH is 1. The van der Waals surface area contributed by atoms with E-state index in [1.807, 2.05) is 6.92 Å². The van der Waals surface area contributed by atoms with Gasteiger partial charge in [-0.05, 0) is 6.42 Å². The second kappa shape index (κ2) is 4.95. The van der Waals surface area contributed by atoms with Crippen molar-refractivity contribution in [3.63, 3.8) is 0 Å². The summed E-state index contributed by atoms with van der Waals surface area (Å²) in [5.41, 5.74) is 0. The Hall–Kier alpha value is -1.10. The SMILES string of the molecule is CC[C@@H](CO)NC(=O)C1CNC(=O)C1. The van der Waals surface area contributed by atoms with Crippen molar-refractivity contribution in [2.75, 3.05) is 13.2 Å². The highest BCUT2D eigenvalue weighted by Crippen LogP contribution is 2.09. The first-order chi connectivity index (χ1) is 6.67. The lowest BCUT2D eigenvalue weighted by atomic mass is 10.1. The quantitative estimate of drug-likeness (QED) is 0.545. The van der Waals surface area contributed by atoms with Gasteiger partial charge in [0, 0.05) is 13.0 Å². The lowest BCUT2D eigenvalue weighted by Gasteiger charge is -2.16. The first kappa shape index (κ1) is 11.0. The molecule has 1 rings (SSSR count). The van der Waals surface area contributed by atoms with Crippen LogP contribution >= 0.6 is 0 Å². The topological polar surface area (TPSA) is 78.4 Å². The summed E-state index contributed by atoms with van der Waals surface area (Å²) in [4.78, 5) is 22.3. The minimum Gasteiger partial charge on any atom is -0.394 e. The lowest BCUT2D eigenvalue weighted by Crippen LogP contribution is -2.41. The third-order valence-electron chi connectivity index (χ3n) is 2.41. The third kappa shape index (κ3) is 2.70. The Labute approximate surface area is 82.9 Å². The molecule has 1 unspecified atom stereocenters. The van der Waals surface area contributed by atoms with Crippen molar-refractivity contribution in [2.24, 2.45) is 5.92 Å². The zero-order valence-electron chi connectivity index (χ0n) is 8.25. The van der Waals surface area contributed by atoms with Crippen LogP contribution in [0.2, 0.25) is 0 Å². The van der Waals surface area contributed by atoms with Crippen molar-refractivity contribution in [3.05, 3.63) is 0 Å². The van der Waals surface area contributed by atoms with Crippen molar-refractivity contribution >= 4 is 11.8 Å². The molecule has 0 saturated carbocycles. The normalized spacial score (nSPS) is 23.0. The van der Waals surface area contributed by atoms with Gasteiger partial charge in [-0.3, -0.25) is 9.59 Å². The van der Waals surface area contributed by atoms with Crippen LogP contribution in [0.1, 0.15) is 19.8 Å². The monoisotopic (exact) mass is 200 g/mol. The molecule has 1 fully saturated rings. The third-order valence-corrected chi connectivity index (χ3v) is 2.41. The fourth-order valence-electron chi connectivity index (χ4n) is 1.39. The van der Waals surface area contributed by atoms with Gasteiger partial charge >= 0.3 is 0 Å². The van der Waals surface area contributed by atoms with Crippen LogP contribution in [0.5, 0.6) is 0 Å². The Morgan fingerprint density at radius 2 is 2.50 bits per heavy atom. The van der Waals surface area contributed by atoms with E-state index in [0.717, 1.165) is 0 Å². The molecule has 0 aromatic carbocycles. The van der Waals surface area contributed by atoms with Gasteiger partial charge in [0.15, 0.2) is 0 Å². The molecule has 3 N–H and O–H groups in total. The average molecular weight is 200 g/mol. The molecule has 0 radical (unpaired) electrons. The second-order valence-electron chi connectivity index (χ2n) is 3.50. The first-order valence-corrected chi connectivity index (χ1v) is 4.85. The van der Waals surface area contributed by atoms with Crippen LogP contribution in [-0.4, -0.2) is 36.1 Å². The number of aliphatic hydroxyl groups is 1. The highest BCUT2D eigenvalue weighted by molar-refractivity contribution is 5.89. The molecular formula is C9H16N2O3. The fourth-order valence-corrected chi connectivity index (χ4v) is 1.39. The fraction of sp³-hybridized carbons (Fsp3) is 0.778. The molecule has 0 bridgehead atoms. The van der Waals surface area contributed by atoms with E-state index in [1.165, 1.54) is 0 Å². The molecule has 1 aliphatic rings. The molecule has 1 saturated heterocycles. The molecule has 2 atom stereocenters. The molecular weight excluding hydrogens is 184 g/mol. The van der Waals surface area contributed by atoms with E-state index in [-0.39, 0.29) is 36.8 Å². The summed E-state index contributed by atoms with van der Waals surface area (Å²) in [5.74, 6) is -0.505. The number of carbonyl (C=O) groups excluding carboxylic acids is 2. The summed E-state index contributed by atoms with van der Waals surface area (Å²) in [7, 11) is 0. The Bertz CT molecular complexity index is 226. The van der Waals surface area contributed by atoms with Crippen molar-refractivity contribution < 1.29 is 14.7 Å². The maximum Gasteiger partial charge on any atom is 0.225 e. The molecule has 80 valence electrons. The van der Waals surface area contributed by atoms with Crippen molar-refractivity contribution in [1.29, 1.82) is 0 Å². The van der Waals surface area contributed by atoms with Gasteiger partial charge in [0.2, 0.25) is 11.8 Å². The van der Waals surface area contributed by atoms with Crippen molar-refractivity contribution in [2.45, 2.75) is 25.8 Å². The van der Waals surface area contributed by atoms with Crippen LogP contribution in [0.15, 0.2) is 0 Å². The highest BCUT2D eigenvalue weighted by atomic mass is 16.3. The van der Waals surface area contributed by atoms with Gasteiger partial charge in [-0.1, -0.05) is 6.92 Å². The number of hydrogen-bond donors (Lipinski definition) is 3. The summed E-state index contributed by atoms with van der Waals surface area (Å²) in [5, 5.41) is 14.2. The molecule has 5 heteroatoms. The van der Waals surface area contributed by atoms with Gasteiger partial charge < -0.3 is 15.7 Å². The second-order valence-corrected chi connectivity index (χ2v) is 3.50. The molecule has 1 aliphatic heterocycles. The summed E-state index contributed by atoms with van der Waals surface area (Å²) in [6.07, 6.45) is 0.948. The van der Waals surface area contributed by atoms with Crippen LogP contribution in [0, 0.1) is 5.92 Å². The predicted octanol–water partition coefficient (Wildman–Crippen LogP) is -0.990. The smallest absolute Gasteiger partial charge is 0.225 e. The van der Waals surface area contributed by atoms with Gasteiger partial charge in [0.25, 0.3) is 0 Å². The molecule has 0 aromatic heterocycles. The summed E-state index contributed by atoms with van der Waals surface area (Å²) < 4.78 is 0. The van der Waals surface area contributed by atoms with E-state index in [0.29, 0.717) is 13.0 Å². The lowest BCUT2D eigenvalue weighted by molar-refractivity contribution is -0.127. The number of rotatable bonds is 4. The van der Waals surface area contributed by atoms with E-state index in [4.69, 9.17) is 5.11 Å². The standard InChI is InChI=1S/C9H16N2O3/c1-2-7(5-12)11-9(14)6-3-8(13)10-4-6/h6-7,12H,2-5H2,1H3,(H,10,13)(H,11,14)/t6?,7-/m0/s1. The zero-order valence-corrected chi connectivity index (χ0v) is 8.25. The largest absolute Gasteiger partial charge is 0.394 e. The van der Waals surface area contributed by atoms with E-state index in [2.05, 4.69) is 10.6 Å². The minimum atomic E-state index is -0.275. The Kier molecular flexibility index (Phi) is 3.88. The maximum absolute atomic E-state index is 11.5. The summed E-state index contributed by atoms with van der Waals surface area (Å²) in [6, 6.07) is -0.196. The van der Waals surface area contributed by atoms with Crippen LogP contribution in [-0.2, 0) is 9.59 Å². The summed E-state index contributed by atoms with van der Waals surface area (Å²) >= 11 is 0. The average Bonchev–Trinajstić information content (AvgIpc) is 2.61. The van der Waals surface area contributed by atoms with E-state index >= 15 is 0 Å². The van der Waals surface area contributed by atoms with Crippen LogP contribution < -0.4 is 10.6 Å². The van der Waals surface area contributed by atoms with Gasteiger partial charge in [-0.15, -0.1) is 0 Å². The number of hydrogen-bond acceptors (Lipinski definition) is 3. The highest BCUT2D eigenvalue weighted by Gasteiger charge is 2.28. The molecule has 2 amide bonds. The van der Waals surface area contributed by atoms with E-state index in [1.54, 1.807) is 0 Å². The number of amides is 2. The number of nitrogens with one attached hydrogen (secondary N) is 2. The van der Waals surface area contributed by atoms with Gasteiger partial charge in [0.1, 0.15) is 0 Å². The Morgan fingerprint density at radius 1 is 1.79 bits per heavy atom. The molecule has 5 nitrogen and oxygen atoms in total. The van der Waals surface area contributed by atoms with Gasteiger partial charge in [-0.25, -0.2) is 0 Å². The van der Waals surface area contributed by atoms with Crippen LogP contribution in [0.25, 0.3) is 0 Å². The molecule has 0 spiro atoms. The Balaban J connectivity index is 2.38. The predicted molar refractivity (Wildman–Crippen MR) is 50.4 cm³/mol. The first-order valence-electron chi connectivity index (χ1n) is 4.85. The Morgan fingerprint density at radius 3 is 2.93 bits per heavy atom. The van der Waals surface area contributed by atoms with Crippen LogP contribution in [0.3, 0.4) is 0 Å². The minimum absolute atomic E-state index is 0.0592.